The minimum atomic E-state index is -0.595. The fourth-order valence-corrected chi connectivity index (χ4v) is 2.34. The van der Waals surface area contributed by atoms with Gasteiger partial charge in [0.25, 0.3) is 0 Å². The third kappa shape index (κ3) is 3.33. The maximum Gasteiger partial charge on any atom is 0.148 e. The molecule has 1 saturated heterocycles. The summed E-state index contributed by atoms with van der Waals surface area (Å²) in [6.07, 6.45) is -0.378. The summed E-state index contributed by atoms with van der Waals surface area (Å²) in [7, 11) is 0. The van der Waals surface area contributed by atoms with Crippen molar-refractivity contribution in [3.8, 4) is 0 Å². The largest absolute Gasteiger partial charge is 0.396 e. The maximum absolute atomic E-state index is 13.8. The Labute approximate surface area is 111 Å². The monoisotopic (exact) mass is 271 g/mol. The highest BCUT2D eigenvalue weighted by atomic mass is 19.1. The zero-order valence-corrected chi connectivity index (χ0v) is 10.9. The zero-order chi connectivity index (χ0) is 14.0. The molecule has 19 heavy (non-hydrogen) atoms. The fourth-order valence-electron chi connectivity index (χ4n) is 2.34. The van der Waals surface area contributed by atoms with Gasteiger partial charge < -0.3 is 15.7 Å². The van der Waals surface area contributed by atoms with Crippen LogP contribution in [0.5, 0.6) is 0 Å². The van der Waals surface area contributed by atoms with Gasteiger partial charge in [-0.1, -0.05) is 0 Å². The second kappa shape index (κ2) is 5.71. The van der Waals surface area contributed by atoms with Gasteiger partial charge in [-0.05, 0) is 6.92 Å². The van der Waals surface area contributed by atoms with Crippen molar-refractivity contribution in [2.45, 2.75) is 13.0 Å². The summed E-state index contributed by atoms with van der Waals surface area (Å²) < 4.78 is 27.2. The van der Waals surface area contributed by atoms with Crippen LogP contribution in [0.3, 0.4) is 0 Å². The molecule has 0 aromatic heterocycles. The number of hydrogen-bond donors (Lipinski definition) is 2. The van der Waals surface area contributed by atoms with Crippen LogP contribution in [0.1, 0.15) is 6.92 Å². The van der Waals surface area contributed by atoms with Gasteiger partial charge in [0, 0.05) is 44.9 Å². The molecule has 1 aromatic carbocycles. The van der Waals surface area contributed by atoms with E-state index in [1.54, 1.807) is 11.8 Å². The van der Waals surface area contributed by atoms with Crippen LogP contribution in [-0.4, -0.2) is 48.8 Å². The number of rotatable bonds is 3. The Morgan fingerprint density at radius 1 is 1.21 bits per heavy atom. The van der Waals surface area contributed by atoms with Gasteiger partial charge in [0.15, 0.2) is 0 Å². The van der Waals surface area contributed by atoms with Crippen LogP contribution in [0.25, 0.3) is 0 Å². The van der Waals surface area contributed by atoms with Crippen molar-refractivity contribution in [1.29, 1.82) is 0 Å². The Kier molecular flexibility index (Phi) is 4.21. The lowest BCUT2D eigenvalue weighted by Crippen LogP contribution is -2.48. The number of piperazine rings is 1. The van der Waals surface area contributed by atoms with E-state index in [1.165, 1.54) is 0 Å². The van der Waals surface area contributed by atoms with E-state index in [9.17, 15) is 13.9 Å². The molecule has 1 aromatic rings. The molecule has 1 heterocycles. The maximum atomic E-state index is 13.8. The second-order valence-corrected chi connectivity index (χ2v) is 4.96. The average Bonchev–Trinajstić information content (AvgIpc) is 2.34. The van der Waals surface area contributed by atoms with Gasteiger partial charge in [-0.2, -0.15) is 0 Å². The van der Waals surface area contributed by atoms with Gasteiger partial charge in [0.1, 0.15) is 11.6 Å². The first kappa shape index (κ1) is 14.0. The van der Waals surface area contributed by atoms with Crippen molar-refractivity contribution in [2.75, 3.05) is 43.4 Å². The van der Waals surface area contributed by atoms with Crippen molar-refractivity contribution < 1.29 is 13.9 Å². The van der Waals surface area contributed by atoms with E-state index in [4.69, 9.17) is 5.73 Å². The Morgan fingerprint density at radius 2 is 1.84 bits per heavy atom. The second-order valence-electron chi connectivity index (χ2n) is 4.96. The van der Waals surface area contributed by atoms with Gasteiger partial charge in [-0.3, -0.25) is 4.90 Å². The van der Waals surface area contributed by atoms with Gasteiger partial charge in [-0.25, -0.2) is 8.78 Å². The molecule has 0 bridgehead atoms. The Hall–Kier alpha value is -1.40. The van der Waals surface area contributed by atoms with Gasteiger partial charge in [-0.15, -0.1) is 0 Å². The molecule has 0 amide bonds. The first-order valence-corrected chi connectivity index (χ1v) is 6.37. The van der Waals surface area contributed by atoms with E-state index in [0.29, 0.717) is 19.6 Å². The Bertz CT molecular complexity index is 446. The van der Waals surface area contributed by atoms with E-state index < -0.39 is 11.6 Å². The van der Waals surface area contributed by atoms with Crippen LogP contribution in [0.4, 0.5) is 20.2 Å². The first-order valence-electron chi connectivity index (χ1n) is 6.37. The standard InChI is InChI=1S/C13H19F2N3O/c1-9(19)8-17-2-4-18(5-3-17)13-7-10(14)12(16)6-11(13)15/h6-7,9,19H,2-5,8,16H2,1H3/t9-/m0/s1. The number of β-amino-alcohol motifs (C(OH)–C–C–N with tert-alkyl or cyclic N) is 1. The summed E-state index contributed by atoms with van der Waals surface area (Å²) >= 11 is 0. The van der Waals surface area contributed by atoms with Crippen molar-refractivity contribution in [3.63, 3.8) is 0 Å². The Balaban J connectivity index is 2.03. The van der Waals surface area contributed by atoms with Gasteiger partial charge in [0.05, 0.1) is 17.5 Å². The molecule has 1 fully saturated rings. The topological polar surface area (TPSA) is 52.7 Å². The number of benzene rings is 1. The van der Waals surface area contributed by atoms with Crippen LogP contribution in [0.2, 0.25) is 0 Å². The molecule has 2 rings (SSSR count). The van der Waals surface area contributed by atoms with Crippen LogP contribution < -0.4 is 10.6 Å². The lowest BCUT2D eigenvalue weighted by Gasteiger charge is -2.36. The predicted octanol–water partition coefficient (Wildman–Crippen LogP) is 1.05. The highest BCUT2D eigenvalue weighted by molar-refractivity contribution is 5.55. The zero-order valence-electron chi connectivity index (χ0n) is 10.9. The van der Waals surface area contributed by atoms with Crippen LogP contribution in [-0.2, 0) is 0 Å². The number of nitrogens with zero attached hydrogens (tertiary/aromatic N) is 2. The van der Waals surface area contributed by atoms with Gasteiger partial charge >= 0.3 is 0 Å². The summed E-state index contributed by atoms with van der Waals surface area (Å²) in [6.45, 7) is 4.99. The molecule has 0 spiro atoms. The van der Waals surface area contributed by atoms with Crippen molar-refractivity contribution in [2.24, 2.45) is 0 Å². The third-order valence-corrected chi connectivity index (χ3v) is 3.30. The summed E-state index contributed by atoms with van der Waals surface area (Å²) in [5.41, 5.74) is 5.41. The first-order chi connectivity index (χ1) is 8.97. The predicted molar refractivity (Wildman–Crippen MR) is 71.1 cm³/mol. The lowest BCUT2D eigenvalue weighted by atomic mass is 10.2. The number of nitrogens with two attached hydrogens (primary N) is 1. The molecular weight excluding hydrogens is 252 g/mol. The number of aliphatic hydroxyl groups excluding tert-OH is 1. The van der Waals surface area contributed by atoms with Gasteiger partial charge in [0.2, 0.25) is 0 Å². The molecule has 0 aliphatic carbocycles. The molecule has 1 aliphatic heterocycles. The van der Waals surface area contributed by atoms with E-state index >= 15 is 0 Å². The summed E-state index contributed by atoms with van der Waals surface area (Å²) in [5, 5.41) is 9.32. The van der Waals surface area contributed by atoms with Crippen molar-refractivity contribution >= 4 is 11.4 Å². The summed E-state index contributed by atoms with van der Waals surface area (Å²) in [5.74, 6) is -1.09. The van der Waals surface area contributed by atoms with Crippen LogP contribution >= 0.6 is 0 Å². The van der Waals surface area contributed by atoms with Crippen LogP contribution in [0, 0.1) is 11.6 Å². The average molecular weight is 271 g/mol. The minimum absolute atomic E-state index is 0.172. The number of hydrogen-bond acceptors (Lipinski definition) is 4. The molecule has 1 atom stereocenters. The number of halogens is 2. The normalized spacial score (nSPS) is 18.6. The van der Waals surface area contributed by atoms with Crippen molar-refractivity contribution in [3.05, 3.63) is 23.8 Å². The van der Waals surface area contributed by atoms with Crippen LogP contribution in [0.15, 0.2) is 12.1 Å². The molecule has 0 radical (unpaired) electrons. The van der Waals surface area contributed by atoms with E-state index in [1.807, 2.05) is 0 Å². The Morgan fingerprint density at radius 3 is 2.42 bits per heavy atom. The smallest absolute Gasteiger partial charge is 0.148 e. The summed E-state index contributed by atoms with van der Waals surface area (Å²) in [4.78, 5) is 3.91. The molecule has 106 valence electrons. The quantitative estimate of drug-likeness (QED) is 0.807. The van der Waals surface area contributed by atoms with Crippen molar-refractivity contribution in [1.82, 2.24) is 4.90 Å². The molecule has 6 heteroatoms. The fraction of sp³-hybridized carbons (Fsp3) is 0.538. The highest BCUT2D eigenvalue weighted by Crippen LogP contribution is 2.25. The SMILES string of the molecule is C[C@H](O)CN1CCN(c2cc(F)c(N)cc2F)CC1. The number of aliphatic hydroxyl groups is 1. The molecule has 4 nitrogen and oxygen atoms in total. The molecular formula is C13H19F2N3O. The summed E-state index contributed by atoms with van der Waals surface area (Å²) in [6, 6.07) is 2.17. The molecule has 0 saturated carbocycles. The molecule has 0 unspecified atom stereocenters. The molecule has 3 N–H and O–H groups in total. The molecule has 1 aliphatic rings. The lowest BCUT2D eigenvalue weighted by molar-refractivity contribution is 0.122. The highest BCUT2D eigenvalue weighted by Gasteiger charge is 2.21. The third-order valence-electron chi connectivity index (χ3n) is 3.30. The minimum Gasteiger partial charge on any atom is -0.396 e. The van der Waals surface area contributed by atoms with E-state index in [-0.39, 0.29) is 17.5 Å². The number of nitrogen functional groups attached to an aromatic ring is 1. The van der Waals surface area contributed by atoms with E-state index in [2.05, 4.69) is 4.90 Å². The van der Waals surface area contributed by atoms with E-state index in [0.717, 1.165) is 25.2 Å². The number of anilines is 2.